The van der Waals surface area contributed by atoms with Gasteiger partial charge in [0.1, 0.15) is 0 Å². The van der Waals surface area contributed by atoms with Crippen molar-refractivity contribution in [1.82, 2.24) is 5.01 Å². The predicted molar refractivity (Wildman–Crippen MR) is 90.1 cm³/mol. The number of hydrogen-bond acceptors (Lipinski definition) is 3. The van der Waals surface area contributed by atoms with Crippen LogP contribution in [0, 0.1) is 0 Å². The van der Waals surface area contributed by atoms with E-state index in [1.165, 1.54) is 5.01 Å². The summed E-state index contributed by atoms with van der Waals surface area (Å²) in [5.41, 5.74) is 0.740. The molecular formula is C18H17ClN2O2. The standard InChI is InChI=1S/C18H17ClN2O2/c1-13-12-18(23,15-7-9-16(19)10-8-15)21(20-13)17(22)11-14-5-3-2-4-6-14/h2-10,23H,11-12H2,1H3/t18-/m0/s1. The van der Waals surface area contributed by atoms with Crippen molar-refractivity contribution in [3.05, 3.63) is 70.7 Å². The van der Waals surface area contributed by atoms with Gasteiger partial charge in [0.2, 0.25) is 5.91 Å². The van der Waals surface area contributed by atoms with Gasteiger partial charge in [-0.25, -0.2) is 0 Å². The molecule has 0 unspecified atom stereocenters. The van der Waals surface area contributed by atoms with Gasteiger partial charge in [-0.3, -0.25) is 4.79 Å². The largest absolute Gasteiger partial charge is 0.365 e. The van der Waals surface area contributed by atoms with Crippen molar-refractivity contribution in [2.45, 2.75) is 25.5 Å². The van der Waals surface area contributed by atoms with E-state index >= 15 is 0 Å². The molecule has 4 nitrogen and oxygen atoms in total. The lowest BCUT2D eigenvalue weighted by Crippen LogP contribution is -2.44. The van der Waals surface area contributed by atoms with Crippen LogP contribution >= 0.6 is 11.6 Å². The smallest absolute Gasteiger partial charge is 0.250 e. The quantitative estimate of drug-likeness (QED) is 0.939. The van der Waals surface area contributed by atoms with E-state index in [1.54, 1.807) is 31.2 Å². The molecule has 1 heterocycles. The summed E-state index contributed by atoms with van der Waals surface area (Å²) in [6.45, 7) is 1.80. The van der Waals surface area contributed by atoms with E-state index < -0.39 is 5.72 Å². The minimum absolute atomic E-state index is 0.188. The molecule has 1 N–H and O–H groups in total. The third-order valence-corrected chi connectivity index (χ3v) is 4.12. The summed E-state index contributed by atoms with van der Waals surface area (Å²) in [6, 6.07) is 16.3. The molecule has 0 radical (unpaired) electrons. The van der Waals surface area contributed by atoms with Gasteiger partial charge in [0.25, 0.3) is 0 Å². The molecule has 1 amide bonds. The SMILES string of the molecule is CC1=NN(C(=O)Cc2ccccc2)[C@@](O)(c2ccc(Cl)cc2)C1. The molecule has 0 bridgehead atoms. The maximum absolute atomic E-state index is 12.6. The molecule has 2 aromatic rings. The molecule has 118 valence electrons. The van der Waals surface area contributed by atoms with Crippen LogP contribution in [-0.2, 0) is 16.9 Å². The van der Waals surface area contributed by atoms with Gasteiger partial charge in [0, 0.05) is 22.7 Å². The first-order valence-electron chi connectivity index (χ1n) is 7.38. The topological polar surface area (TPSA) is 52.9 Å². The highest BCUT2D eigenvalue weighted by Crippen LogP contribution is 2.36. The van der Waals surface area contributed by atoms with E-state index in [0.29, 0.717) is 16.3 Å². The van der Waals surface area contributed by atoms with Crippen LogP contribution in [0.3, 0.4) is 0 Å². The second kappa shape index (κ2) is 6.14. The molecule has 0 aliphatic carbocycles. The van der Waals surface area contributed by atoms with Crippen molar-refractivity contribution < 1.29 is 9.90 Å². The van der Waals surface area contributed by atoms with Gasteiger partial charge in [-0.05, 0) is 24.6 Å². The average Bonchev–Trinajstić information content (AvgIpc) is 2.85. The van der Waals surface area contributed by atoms with E-state index in [-0.39, 0.29) is 18.7 Å². The van der Waals surface area contributed by atoms with Crippen LogP contribution in [0.1, 0.15) is 24.5 Å². The highest BCUT2D eigenvalue weighted by Gasteiger charge is 2.44. The maximum atomic E-state index is 12.6. The van der Waals surface area contributed by atoms with Crippen molar-refractivity contribution in [2.75, 3.05) is 0 Å². The molecule has 0 saturated carbocycles. The highest BCUT2D eigenvalue weighted by molar-refractivity contribution is 6.30. The first-order chi connectivity index (χ1) is 11.0. The summed E-state index contributed by atoms with van der Waals surface area (Å²) in [5.74, 6) is -0.245. The van der Waals surface area contributed by atoms with Crippen LogP contribution < -0.4 is 0 Å². The minimum Gasteiger partial charge on any atom is -0.365 e. The fraction of sp³-hybridized carbons (Fsp3) is 0.222. The van der Waals surface area contributed by atoms with Crippen LogP contribution in [0.5, 0.6) is 0 Å². The maximum Gasteiger partial charge on any atom is 0.250 e. The summed E-state index contributed by atoms with van der Waals surface area (Å²) >= 11 is 5.91. The van der Waals surface area contributed by atoms with Gasteiger partial charge in [-0.2, -0.15) is 10.1 Å². The monoisotopic (exact) mass is 328 g/mol. The predicted octanol–water partition coefficient (Wildman–Crippen LogP) is 3.34. The number of halogens is 1. The van der Waals surface area contributed by atoms with Crippen molar-refractivity contribution >= 4 is 23.2 Å². The number of aliphatic hydroxyl groups is 1. The first-order valence-corrected chi connectivity index (χ1v) is 7.76. The number of nitrogens with zero attached hydrogens (tertiary/aromatic N) is 2. The van der Waals surface area contributed by atoms with Crippen LogP contribution in [-0.4, -0.2) is 21.7 Å². The Labute approximate surface area is 140 Å². The van der Waals surface area contributed by atoms with E-state index in [1.807, 2.05) is 30.3 Å². The van der Waals surface area contributed by atoms with Crippen LogP contribution in [0.4, 0.5) is 0 Å². The molecular weight excluding hydrogens is 312 g/mol. The lowest BCUT2D eigenvalue weighted by molar-refractivity contribution is -0.157. The number of carbonyl (C=O) groups is 1. The Morgan fingerprint density at radius 2 is 1.87 bits per heavy atom. The second-order valence-electron chi connectivity index (χ2n) is 5.70. The Morgan fingerprint density at radius 1 is 1.22 bits per heavy atom. The number of rotatable bonds is 3. The lowest BCUT2D eigenvalue weighted by Gasteiger charge is -2.31. The zero-order chi connectivity index (χ0) is 16.4. The fourth-order valence-corrected chi connectivity index (χ4v) is 2.89. The summed E-state index contributed by atoms with van der Waals surface area (Å²) < 4.78 is 0. The van der Waals surface area contributed by atoms with Crippen LogP contribution in [0.25, 0.3) is 0 Å². The Kier molecular flexibility index (Phi) is 4.20. The van der Waals surface area contributed by atoms with E-state index in [9.17, 15) is 9.90 Å². The third kappa shape index (κ3) is 3.14. The zero-order valence-electron chi connectivity index (χ0n) is 12.7. The molecule has 0 saturated heterocycles. The van der Waals surface area contributed by atoms with Crippen molar-refractivity contribution in [1.29, 1.82) is 0 Å². The number of hydrazone groups is 1. The van der Waals surface area contributed by atoms with Crippen molar-refractivity contribution in [3.8, 4) is 0 Å². The van der Waals surface area contributed by atoms with Crippen molar-refractivity contribution in [3.63, 3.8) is 0 Å². The average molecular weight is 329 g/mol. The minimum atomic E-state index is -1.46. The lowest BCUT2D eigenvalue weighted by atomic mass is 9.97. The number of hydrogen-bond donors (Lipinski definition) is 1. The molecule has 1 aliphatic heterocycles. The molecule has 2 aromatic carbocycles. The summed E-state index contributed by atoms with van der Waals surface area (Å²) in [5, 5.41) is 17.1. The number of carbonyl (C=O) groups excluding carboxylic acids is 1. The van der Waals surface area contributed by atoms with Gasteiger partial charge >= 0.3 is 0 Å². The molecule has 5 heteroatoms. The van der Waals surface area contributed by atoms with Gasteiger partial charge in [0.15, 0.2) is 5.72 Å². The Balaban J connectivity index is 1.89. The molecule has 1 aliphatic rings. The van der Waals surface area contributed by atoms with Crippen LogP contribution in [0.15, 0.2) is 59.7 Å². The summed E-state index contributed by atoms with van der Waals surface area (Å²) in [4.78, 5) is 12.6. The molecule has 0 aromatic heterocycles. The fourth-order valence-electron chi connectivity index (χ4n) is 2.77. The molecule has 0 spiro atoms. The van der Waals surface area contributed by atoms with Gasteiger partial charge in [-0.15, -0.1) is 0 Å². The summed E-state index contributed by atoms with van der Waals surface area (Å²) in [6.07, 6.45) is 0.475. The zero-order valence-corrected chi connectivity index (χ0v) is 13.5. The Morgan fingerprint density at radius 3 is 2.52 bits per heavy atom. The van der Waals surface area contributed by atoms with E-state index in [4.69, 9.17) is 11.6 Å². The molecule has 23 heavy (non-hydrogen) atoms. The van der Waals surface area contributed by atoms with Gasteiger partial charge in [0.05, 0.1) is 6.42 Å². The normalized spacial score (nSPS) is 20.5. The van der Waals surface area contributed by atoms with Crippen LogP contribution in [0.2, 0.25) is 5.02 Å². The molecule has 1 atom stereocenters. The number of amides is 1. The van der Waals surface area contributed by atoms with Crippen molar-refractivity contribution in [2.24, 2.45) is 5.10 Å². The van der Waals surface area contributed by atoms with E-state index in [0.717, 1.165) is 5.56 Å². The van der Waals surface area contributed by atoms with Gasteiger partial charge < -0.3 is 5.11 Å². The highest BCUT2D eigenvalue weighted by atomic mass is 35.5. The Bertz CT molecular complexity index is 743. The molecule has 3 rings (SSSR count). The summed E-state index contributed by atoms with van der Waals surface area (Å²) in [7, 11) is 0. The number of benzene rings is 2. The Hall–Kier alpha value is -2.17. The van der Waals surface area contributed by atoms with Gasteiger partial charge in [-0.1, -0.05) is 54.1 Å². The molecule has 0 fully saturated rings. The third-order valence-electron chi connectivity index (χ3n) is 3.86. The van der Waals surface area contributed by atoms with E-state index in [2.05, 4.69) is 5.10 Å². The second-order valence-corrected chi connectivity index (χ2v) is 6.14. The first kappa shape index (κ1) is 15.7.